The van der Waals surface area contributed by atoms with Crippen molar-refractivity contribution in [1.82, 2.24) is 9.80 Å². The molecule has 0 fully saturated rings. The molecule has 0 amide bonds. The Kier molecular flexibility index (Phi) is 79.6. The van der Waals surface area contributed by atoms with Crippen LogP contribution in [-0.2, 0) is 0 Å². The van der Waals surface area contributed by atoms with E-state index in [9.17, 15) is 0 Å². The van der Waals surface area contributed by atoms with Gasteiger partial charge in [-0.1, -0.05) is 431 Å². The minimum atomic E-state index is 0.490. The smallest absolute Gasteiger partial charge is 0.00388 e. The van der Waals surface area contributed by atoms with E-state index in [-0.39, 0.29) is 0 Å². The predicted octanol–water partition coefficient (Wildman–Crippen LogP) is 38.7. The summed E-state index contributed by atoms with van der Waals surface area (Å²) in [7, 11) is 0. The van der Waals surface area contributed by atoms with Gasteiger partial charge in [-0.15, -0.1) is 0 Å². The highest BCUT2D eigenvalue weighted by Gasteiger charge is 2.39. The van der Waals surface area contributed by atoms with Crippen molar-refractivity contribution < 1.29 is 0 Å². The van der Waals surface area contributed by atoms with Gasteiger partial charge in [0.05, 0.1) is 0 Å². The van der Waals surface area contributed by atoms with Gasteiger partial charge in [0.1, 0.15) is 0 Å². The van der Waals surface area contributed by atoms with Crippen LogP contribution in [0.1, 0.15) is 504 Å². The lowest BCUT2D eigenvalue weighted by molar-refractivity contribution is 0.0457. The molecule has 7 atom stereocenters. The van der Waals surface area contributed by atoms with Crippen LogP contribution in [0.2, 0.25) is 0 Å². The summed E-state index contributed by atoms with van der Waals surface area (Å²) in [6, 6.07) is 12.5. The quantitative estimate of drug-likeness (QED) is 0.0600. The number of hydrogen-bond donors (Lipinski definition) is 0. The largest absolute Gasteiger partial charge is 0.301 e. The summed E-state index contributed by atoms with van der Waals surface area (Å²) in [5.41, 5.74) is 2.55. The standard InChI is InChI=1S/C26H54.C19H40.C18H30.C14H30.C13H29N.C13H28.C11H25N/c1-19(2)18-25(21(5)6)26(11,22(7)8)17-13-15-23(9)14-12-16-24(10)20(3)4;1-16(2)13-11-9-7-8-10-12-14-19(18(5)6)15-17(3)4;1-13(2)12-17(14(3)4)18(15(5)6)16-10-8-7-9-11-16;1-11(2)7-8-14(9-12(3)4)10-13(5)6;1-11(2)7-9-14(13(5)6)10-8-12(3)4;1-10(2)8-13(7,12(5)6)9-11(3)4;1-9(2)7-12(11(5)6)8-10(3)4/h19-25H,12-18H2,1-11H3;16-19H,7-15H2,1-6H3;7-11,13-15,17-18H,12H2,1-6H3;11-14H,7-10H2,1-6H3;11-13H,7-10H2,1-6H3;10-12H,8-9H2,1-7H3;9-11H,7-8H2,1-6H3. The summed E-state index contributed by atoms with van der Waals surface area (Å²) in [4.78, 5) is 5.18. The molecule has 1 aromatic carbocycles. The summed E-state index contributed by atoms with van der Waals surface area (Å²) in [6.45, 7) is 118. The average Bonchev–Trinajstić information content (AvgIpc) is 0.805. The van der Waals surface area contributed by atoms with Crippen molar-refractivity contribution in [3.63, 3.8) is 0 Å². The Hall–Kier alpha value is -0.860. The molecule has 0 aliphatic heterocycles. The van der Waals surface area contributed by atoms with Crippen LogP contribution in [0.4, 0.5) is 0 Å². The number of benzene rings is 1. The summed E-state index contributed by atoms with van der Waals surface area (Å²) >= 11 is 0. The van der Waals surface area contributed by atoms with E-state index in [2.05, 4.69) is 372 Å². The van der Waals surface area contributed by atoms with Gasteiger partial charge in [0, 0.05) is 25.2 Å². The van der Waals surface area contributed by atoms with Crippen LogP contribution in [0, 0.1) is 165 Å². The minimum absolute atomic E-state index is 0.490. The molecule has 0 heterocycles. The molecule has 0 spiro atoms. The van der Waals surface area contributed by atoms with E-state index in [0.29, 0.717) is 34.7 Å². The fraction of sp³-hybridized carbons (Fsp3) is 0.947. The van der Waals surface area contributed by atoms with Crippen LogP contribution in [0.5, 0.6) is 0 Å². The molecule has 2 nitrogen and oxygen atoms in total. The molecule has 702 valence electrons. The zero-order chi connectivity index (χ0) is 91.5. The Labute approximate surface area is 742 Å². The van der Waals surface area contributed by atoms with Crippen LogP contribution in [0.3, 0.4) is 0 Å². The molecule has 2 heteroatoms. The molecular formula is C114H236N2. The van der Waals surface area contributed by atoms with Crippen LogP contribution >= 0.6 is 0 Å². The molecule has 0 radical (unpaired) electrons. The normalized spacial score (nSPS) is 14.6. The zero-order valence-corrected chi connectivity index (χ0v) is 90.5. The van der Waals surface area contributed by atoms with E-state index in [4.69, 9.17) is 0 Å². The first-order valence-electron chi connectivity index (χ1n) is 51.9. The Bertz CT molecular complexity index is 2110. The lowest BCUT2D eigenvalue weighted by Gasteiger charge is -2.45. The summed E-state index contributed by atoms with van der Waals surface area (Å²) in [5.74, 6) is 22.4. The van der Waals surface area contributed by atoms with E-state index in [0.717, 1.165) is 148 Å². The number of nitrogens with zero attached hydrogens (tertiary/aromatic N) is 2. The minimum Gasteiger partial charge on any atom is -0.301 e. The van der Waals surface area contributed by atoms with Crippen molar-refractivity contribution in [2.24, 2.45) is 165 Å². The van der Waals surface area contributed by atoms with Crippen molar-refractivity contribution in [3.8, 4) is 0 Å². The molecule has 0 saturated heterocycles. The first-order chi connectivity index (χ1) is 53.3. The fourth-order valence-corrected chi connectivity index (χ4v) is 18.5. The molecule has 116 heavy (non-hydrogen) atoms. The Morgan fingerprint density at radius 2 is 0.681 bits per heavy atom. The molecule has 0 bridgehead atoms. The van der Waals surface area contributed by atoms with Gasteiger partial charge in [0.25, 0.3) is 0 Å². The monoisotopic (exact) mass is 1630 g/mol. The van der Waals surface area contributed by atoms with Crippen LogP contribution < -0.4 is 0 Å². The molecule has 0 aromatic heterocycles. The highest BCUT2D eigenvalue weighted by molar-refractivity contribution is 5.21. The summed E-state index contributed by atoms with van der Waals surface area (Å²) in [5, 5.41) is 0. The van der Waals surface area contributed by atoms with Crippen LogP contribution in [0.15, 0.2) is 30.3 Å². The van der Waals surface area contributed by atoms with Gasteiger partial charge < -0.3 is 9.80 Å². The van der Waals surface area contributed by atoms with Gasteiger partial charge in [-0.3, -0.25) is 0 Å². The molecule has 0 aliphatic rings. The molecule has 0 aliphatic carbocycles. The third-order valence-electron chi connectivity index (χ3n) is 26.4. The molecular weight excluding hydrogens is 1400 g/mol. The van der Waals surface area contributed by atoms with Crippen LogP contribution in [-0.4, -0.2) is 48.1 Å². The van der Waals surface area contributed by atoms with Gasteiger partial charge in [-0.25, -0.2) is 0 Å². The molecule has 0 N–H and O–H groups in total. The van der Waals surface area contributed by atoms with Crippen molar-refractivity contribution in [2.75, 3.05) is 26.2 Å². The Morgan fingerprint density at radius 1 is 0.284 bits per heavy atom. The molecule has 1 aromatic rings. The van der Waals surface area contributed by atoms with E-state index in [1.807, 2.05) is 0 Å². The van der Waals surface area contributed by atoms with E-state index in [1.54, 1.807) is 0 Å². The average molecular weight is 1640 g/mol. The Balaban J connectivity index is -0.000000309. The van der Waals surface area contributed by atoms with Gasteiger partial charge in [-0.2, -0.15) is 0 Å². The lowest BCUT2D eigenvalue weighted by atomic mass is 9.60. The van der Waals surface area contributed by atoms with Crippen LogP contribution in [0.25, 0.3) is 0 Å². The summed E-state index contributed by atoms with van der Waals surface area (Å²) < 4.78 is 0. The van der Waals surface area contributed by atoms with E-state index < -0.39 is 0 Å². The van der Waals surface area contributed by atoms with Gasteiger partial charge >= 0.3 is 0 Å². The maximum Gasteiger partial charge on any atom is 0.00388 e. The molecule has 7 unspecified atom stereocenters. The topological polar surface area (TPSA) is 6.48 Å². The maximum atomic E-state index is 2.61. The fourth-order valence-electron chi connectivity index (χ4n) is 18.5. The third kappa shape index (κ3) is 74.6. The second kappa shape index (κ2) is 73.3. The third-order valence-corrected chi connectivity index (χ3v) is 26.4. The van der Waals surface area contributed by atoms with Crippen molar-refractivity contribution in [2.45, 2.75) is 511 Å². The lowest BCUT2D eigenvalue weighted by Crippen LogP contribution is -2.37. The summed E-state index contributed by atoms with van der Waals surface area (Å²) in [6.07, 6.45) is 35.3. The van der Waals surface area contributed by atoms with Crippen molar-refractivity contribution in [1.29, 1.82) is 0 Å². The number of unbranched alkanes of at least 4 members (excludes halogenated alkanes) is 5. The first-order valence-corrected chi connectivity index (χ1v) is 51.9. The highest BCUT2D eigenvalue weighted by Crippen LogP contribution is 2.48. The Morgan fingerprint density at radius 3 is 1.00 bits per heavy atom. The van der Waals surface area contributed by atoms with E-state index in [1.165, 1.54) is 192 Å². The van der Waals surface area contributed by atoms with Crippen molar-refractivity contribution in [3.05, 3.63) is 35.9 Å². The zero-order valence-electron chi connectivity index (χ0n) is 90.5. The molecule has 1 rings (SSSR count). The van der Waals surface area contributed by atoms with Gasteiger partial charge in [-0.05, 0) is 281 Å². The van der Waals surface area contributed by atoms with Gasteiger partial charge in [0.15, 0.2) is 0 Å². The molecule has 0 saturated carbocycles. The number of hydrogen-bond acceptors (Lipinski definition) is 2. The first kappa shape index (κ1) is 126. The highest BCUT2D eigenvalue weighted by atomic mass is 15.1. The van der Waals surface area contributed by atoms with Gasteiger partial charge in [0.2, 0.25) is 0 Å². The second-order valence-corrected chi connectivity index (χ2v) is 48.2. The SMILES string of the molecule is CC(C)CC(C(C)C)C(C)(CCCC(C)CCCC(C)C(C)C)C(C)C.CC(C)CC(C(C)C)C(c1ccccc1)C(C)C.CC(C)CC(C)(CC(C)C)C(C)C.CC(C)CCC(CC(C)C)CC(C)C.CC(C)CCCCCCCCC(CC(C)C)C(C)C.CC(C)CCN(CCC(C)C)C(C)C.CC(C)CN(CC(C)C)C(C)C. The van der Waals surface area contributed by atoms with Crippen molar-refractivity contribution >= 4 is 0 Å². The second-order valence-electron chi connectivity index (χ2n) is 48.2. The number of rotatable bonds is 56. The van der Waals surface area contributed by atoms with E-state index >= 15 is 0 Å². The predicted molar refractivity (Wildman–Crippen MR) is 543 cm³/mol. The maximum absolute atomic E-state index is 2.61.